The zero-order valence-electron chi connectivity index (χ0n) is 15.1. The Hall–Kier alpha value is -2.14. The van der Waals surface area contributed by atoms with Crippen LogP contribution in [0.25, 0.3) is 0 Å². The van der Waals surface area contributed by atoms with E-state index in [0.717, 1.165) is 28.6 Å². The van der Waals surface area contributed by atoms with Crippen molar-refractivity contribution in [2.75, 3.05) is 19.6 Å². The number of carbonyl (C=O) groups is 2. The Kier molecular flexibility index (Phi) is 7.78. The Morgan fingerprint density at radius 1 is 1.15 bits per heavy atom. The fourth-order valence-corrected chi connectivity index (χ4v) is 3.51. The predicted octanol–water partition coefficient (Wildman–Crippen LogP) is 1.51. The Labute approximate surface area is 156 Å². The van der Waals surface area contributed by atoms with E-state index in [1.807, 2.05) is 0 Å². The first kappa shape index (κ1) is 22.9. The zero-order chi connectivity index (χ0) is 20.8. The molecular formula is C16H22F3N3O4S. The fourth-order valence-electron chi connectivity index (χ4n) is 2.10. The molecule has 152 valence electrons. The molecule has 0 aliphatic heterocycles. The van der Waals surface area contributed by atoms with Gasteiger partial charge in [0.25, 0.3) is 5.91 Å². The van der Waals surface area contributed by atoms with Crippen LogP contribution in [0.1, 0.15) is 31.1 Å². The minimum absolute atomic E-state index is 0.0433. The molecule has 2 amide bonds. The van der Waals surface area contributed by atoms with E-state index >= 15 is 0 Å². The Balaban J connectivity index is 2.91. The number of sulfonamides is 1. The highest BCUT2D eigenvalue weighted by Gasteiger charge is 2.28. The van der Waals surface area contributed by atoms with Crippen molar-refractivity contribution in [1.29, 1.82) is 0 Å². The van der Waals surface area contributed by atoms with Crippen LogP contribution in [0, 0.1) is 0 Å². The predicted molar refractivity (Wildman–Crippen MR) is 92.5 cm³/mol. The van der Waals surface area contributed by atoms with E-state index in [4.69, 9.17) is 0 Å². The molecular weight excluding hydrogens is 387 g/mol. The maximum Gasteiger partial charge on any atom is 0.405 e. The lowest BCUT2D eigenvalue weighted by molar-refractivity contribution is -0.123. The average molecular weight is 409 g/mol. The van der Waals surface area contributed by atoms with Crippen LogP contribution in [0.15, 0.2) is 29.2 Å². The van der Waals surface area contributed by atoms with E-state index in [1.165, 1.54) is 0 Å². The van der Waals surface area contributed by atoms with Crippen LogP contribution in [0.5, 0.6) is 0 Å². The summed E-state index contributed by atoms with van der Waals surface area (Å²) >= 11 is 0. The van der Waals surface area contributed by atoms with Crippen molar-refractivity contribution in [2.24, 2.45) is 0 Å². The molecule has 0 heterocycles. The number of carbonyl (C=O) groups excluding carboxylic acids is 2. The summed E-state index contributed by atoms with van der Waals surface area (Å²) in [5.74, 6) is -1.43. The van der Waals surface area contributed by atoms with Crippen LogP contribution in [0.4, 0.5) is 13.2 Å². The van der Waals surface area contributed by atoms with E-state index in [9.17, 15) is 31.2 Å². The maximum atomic E-state index is 12.6. The lowest BCUT2D eigenvalue weighted by atomic mass is 10.2. The van der Waals surface area contributed by atoms with E-state index in [-0.39, 0.29) is 29.6 Å². The summed E-state index contributed by atoms with van der Waals surface area (Å²) in [4.78, 5) is 23.3. The van der Waals surface area contributed by atoms with Crippen molar-refractivity contribution >= 4 is 21.8 Å². The highest BCUT2D eigenvalue weighted by molar-refractivity contribution is 7.89. The third kappa shape index (κ3) is 7.18. The first-order chi connectivity index (χ1) is 12.4. The zero-order valence-corrected chi connectivity index (χ0v) is 15.9. The second kappa shape index (κ2) is 9.18. The fraction of sp³-hybridized carbons (Fsp3) is 0.500. The number of rotatable bonds is 8. The first-order valence-corrected chi connectivity index (χ1v) is 9.55. The van der Waals surface area contributed by atoms with E-state index < -0.39 is 34.6 Å². The topological polar surface area (TPSA) is 95.6 Å². The molecule has 0 atom stereocenters. The number of likely N-dealkylation sites (N-methyl/N-ethyl adjacent to an activating group) is 1. The van der Waals surface area contributed by atoms with Crippen LogP contribution < -0.4 is 10.6 Å². The van der Waals surface area contributed by atoms with Gasteiger partial charge in [-0.3, -0.25) is 9.59 Å². The van der Waals surface area contributed by atoms with Crippen LogP contribution >= 0.6 is 0 Å². The molecule has 1 rings (SSSR count). The van der Waals surface area contributed by atoms with Gasteiger partial charge in [-0.05, 0) is 38.1 Å². The third-order valence-corrected chi connectivity index (χ3v) is 5.26. The van der Waals surface area contributed by atoms with E-state index in [0.29, 0.717) is 0 Å². The molecule has 0 bridgehead atoms. The van der Waals surface area contributed by atoms with Gasteiger partial charge in [0.2, 0.25) is 15.9 Å². The SMILES string of the molecule is CCN(CC(=O)NC(C)C)S(=O)(=O)c1ccc(C(=O)NCC(F)(F)F)cc1. The van der Waals surface area contributed by atoms with Crippen molar-refractivity contribution in [3.63, 3.8) is 0 Å². The van der Waals surface area contributed by atoms with Crippen LogP contribution in [0.3, 0.4) is 0 Å². The van der Waals surface area contributed by atoms with Crippen molar-refractivity contribution in [2.45, 2.75) is 37.9 Å². The number of hydrogen-bond donors (Lipinski definition) is 2. The summed E-state index contributed by atoms with van der Waals surface area (Å²) in [6.07, 6.45) is -4.54. The minimum Gasteiger partial charge on any atom is -0.353 e. The summed E-state index contributed by atoms with van der Waals surface area (Å²) in [7, 11) is -4.00. The summed E-state index contributed by atoms with van der Waals surface area (Å²) < 4.78 is 62.6. The van der Waals surface area contributed by atoms with Gasteiger partial charge in [0.1, 0.15) is 6.54 Å². The van der Waals surface area contributed by atoms with Gasteiger partial charge in [0.15, 0.2) is 0 Å². The van der Waals surface area contributed by atoms with Gasteiger partial charge in [-0.15, -0.1) is 0 Å². The summed E-state index contributed by atoms with van der Waals surface area (Å²) in [5, 5.41) is 4.29. The lowest BCUT2D eigenvalue weighted by Crippen LogP contribution is -2.42. The molecule has 1 aromatic carbocycles. The molecule has 0 aliphatic rings. The van der Waals surface area contributed by atoms with Crippen molar-refractivity contribution in [3.05, 3.63) is 29.8 Å². The smallest absolute Gasteiger partial charge is 0.353 e. The summed E-state index contributed by atoms with van der Waals surface area (Å²) in [6.45, 7) is 3.24. The normalized spacial score (nSPS) is 12.3. The average Bonchev–Trinajstić information content (AvgIpc) is 2.56. The number of hydrogen-bond acceptors (Lipinski definition) is 4. The molecule has 7 nitrogen and oxygen atoms in total. The Morgan fingerprint density at radius 2 is 1.70 bits per heavy atom. The molecule has 0 saturated carbocycles. The maximum absolute atomic E-state index is 12.6. The van der Waals surface area contributed by atoms with Crippen molar-refractivity contribution in [1.82, 2.24) is 14.9 Å². The van der Waals surface area contributed by atoms with E-state index in [1.54, 1.807) is 26.1 Å². The molecule has 0 aliphatic carbocycles. The van der Waals surface area contributed by atoms with Crippen molar-refractivity contribution < 1.29 is 31.2 Å². The molecule has 11 heteroatoms. The Bertz CT molecular complexity index is 762. The summed E-state index contributed by atoms with van der Waals surface area (Å²) in [6, 6.07) is 4.30. The molecule has 0 radical (unpaired) electrons. The Morgan fingerprint density at radius 3 is 2.15 bits per heavy atom. The molecule has 0 aromatic heterocycles. The monoisotopic (exact) mass is 409 g/mol. The number of nitrogens with zero attached hydrogens (tertiary/aromatic N) is 1. The molecule has 0 unspecified atom stereocenters. The molecule has 0 fully saturated rings. The van der Waals surface area contributed by atoms with Gasteiger partial charge in [-0.25, -0.2) is 8.42 Å². The molecule has 1 aromatic rings. The van der Waals surface area contributed by atoms with Gasteiger partial charge in [0.05, 0.1) is 11.4 Å². The largest absolute Gasteiger partial charge is 0.405 e. The number of halogens is 3. The second-order valence-electron chi connectivity index (χ2n) is 5.98. The quantitative estimate of drug-likeness (QED) is 0.681. The number of nitrogens with one attached hydrogen (secondary N) is 2. The van der Waals surface area contributed by atoms with Gasteiger partial charge < -0.3 is 10.6 Å². The molecule has 0 spiro atoms. The van der Waals surface area contributed by atoms with Gasteiger partial charge in [-0.1, -0.05) is 6.92 Å². The third-order valence-electron chi connectivity index (χ3n) is 3.33. The summed E-state index contributed by atoms with van der Waals surface area (Å²) in [5.41, 5.74) is -0.112. The standard InChI is InChI=1S/C16H22F3N3O4S/c1-4-22(9-14(23)21-11(2)3)27(25,26)13-7-5-12(6-8-13)15(24)20-10-16(17,18)19/h5-8,11H,4,9-10H2,1-3H3,(H,20,24)(H,21,23). The van der Waals surface area contributed by atoms with Crippen LogP contribution in [-0.4, -0.2) is 56.4 Å². The van der Waals surface area contributed by atoms with Gasteiger partial charge in [0, 0.05) is 18.2 Å². The van der Waals surface area contributed by atoms with Crippen molar-refractivity contribution in [3.8, 4) is 0 Å². The number of alkyl halides is 3. The highest BCUT2D eigenvalue weighted by Crippen LogP contribution is 2.17. The number of benzene rings is 1. The van der Waals surface area contributed by atoms with Crippen LogP contribution in [-0.2, 0) is 14.8 Å². The van der Waals surface area contributed by atoms with Crippen LogP contribution in [0.2, 0.25) is 0 Å². The van der Waals surface area contributed by atoms with Gasteiger partial charge in [-0.2, -0.15) is 17.5 Å². The number of amides is 2. The molecule has 0 saturated heterocycles. The minimum atomic E-state index is -4.54. The van der Waals surface area contributed by atoms with E-state index in [2.05, 4.69) is 5.32 Å². The molecule has 2 N–H and O–H groups in total. The lowest BCUT2D eigenvalue weighted by Gasteiger charge is -2.21. The van der Waals surface area contributed by atoms with Gasteiger partial charge >= 0.3 is 6.18 Å². The highest BCUT2D eigenvalue weighted by atomic mass is 32.2. The second-order valence-corrected chi connectivity index (χ2v) is 7.91. The first-order valence-electron chi connectivity index (χ1n) is 8.11. The molecule has 27 heavy (non-hydrogen) atoms.